The van der Waals surface area contributed by atoms with Crippen molar-refractivity contribution in [2.75, 3.05) is 23.3 Å². The van der Waals surface area contributed by atoms with E-state index in [9.17, 15) is 20.0 Å². The molecule has 0 saturated carbocycles. The van der Waals surface area contributed by atoms with Crippen molar-refractivity contribution in [2.24, 2.45) is 0 Å². The second-order valence-corrected chi connectivity index (χ2v) is 7.99. The van der Waals surface area contributed by atoms with E-state index in [0.717, 1.165) is 32.4 Å². The molecule has 8 nitrogen and oxygen atoms in total. The number of piperidine rings is 1. The van der Waals surface area contributed by atoms with Crippen LogP contribution < -0.4 is 10.2 Å². The first-order valence-corrected chi connectivity index (χ1v) is 10.7. The predicted molar refractivity (Wildman–Crippen MR) is 122 cm³/mol. The molecule has 9 heteroatoms. The maximum absolute atomic E-state index is 13.2. The summed E-state index contributed by atoms with van der Waals surface area (Å²) in [5.74, 6) is 0.456. The number of hydrogen-bond acceptors (Lipinski definition) is 6. The van der Waals surface area contributed by atoms with E-state index >= 15 is 0 Å². The number of halogens is 1. The van der Waals surface area contributed by atoms with Crippen molar-refractivity contribution < 1.29 is 19.2 Å². The lowest BCUT2D eigenvalue weighted by Gasteiger charge is -2.30. The summed E-state index contributed by atoms with van der Waals surface area (Å²) in [4.78, 5) is 26.1. The summed E-state index contributed by atoms with van der Waals surface area (Å²) >= 11 is 6.31. The van der Waals surface area contributed by atoms with Gasteiger partial charge in [0, 0.05) is 30.8 Å². The molecule has 2 aromatic carbocycles. The van der Waals surface area contributed by atoms with Crippen molar-refractivity contribution >= 4 is 34.6 Å². The SMILES string of the molecule is O=C(Nc1cc(-c2ccc(CO)o2)ccc1Cl)c1cc([N+](=O)[O-])ccc1N1CCCCC1. The van der Waals surface area contributed by atoms with Gasteiger partial charge in [-0.05, 0) is 55.7 Å². The van der Waals surface area contributed by atoms with Crippen molar-refractivity contribution in [3.8, 4) is 11.3 Å². The fourth-order valence-corrected chi connectivity index (χ4v) is 3.98. The van der Waals surface area contributed by atoms with Crippen LogP contribution in [-0.4, -0.2) is 29.0 Å². The number of amides is 1. The largest absolute Gasteiger partial charge is 0.459 e. The highest BCUT2D eigenvalue weighted by molar-refractivity contribution is 6.34. The first-order chi connectivity index (χ1) is 15.5. The van der Waals surface area contributed by atoms with Crippen LogP contribution in [0.4, 0.5) is 17.1 Å². The van der Waals surface area contributed by atoms with Crippen LogP contribution in [0.2, 0.25) is 5.02 Å². The zero-order valence-corrected chi connectivity index (χ0v) is 18.0. The number of non-ortho nitro benzene ring substituents is 1. The molecular formula is C23H22ClN3O5. The van der Waals surface area contributed by atoms with Crippen LogP contribution in [0.15, 0.2) is 52.9 Å². The van der Waals surface area contributed by atoms with Crippen LogP contribution in [0.5, 0.6) is 0 Å². The molecule has 0 radical (unpaired) electrons. The number of aliphatic hydroxyl groups is 1. The van der Waals surface area contributed by atoms with Crippen LogP contribution in [0, 0.1) is 10.1 Å². The van der Waals surface area contributed by atoms with Gasteiger partial charge >= 0.3 is 0 Å². The Morgan fingerprint density at radius 2 is 1.91 bits per heavy atom. The van der Waals surface area contributed by atoms with E-state index in [1.165, 1.54) is 12.1 Å². The molecule has 2 heterocycles. The third-order valence-electron chi connectivity index (χ3n) is 5.45. The van der Waals surface area contributed by atoms with Crippen molar-refractivity contribution in [1.82, 2.24) is 0 Å². The number of aliphatic hydroxyl groups excluding tert-OH is 1. The Morgan fingerprint density at radius 1 is 1.12 bits per heavy atom. The van der Waals surface area contributed by atoms with Crippen molar-refractivity contribution in [2.45, 2.75) is 25.9 Å². The lowest BCUT2D eigenvalue weighted by molar-refractivity contribution is -0.384. The molecule has 0 spiro atoms. The highest BCUT2D eigenvalue weighted by Crippen LogP contribution is 2.32. The maximum atomic E-state index is 13.2. The highest BCUT2D eigenvalue weighted by Gasteiger charge is 2.22. The molecule has 0 unspecified atom stereocenters. The number of furan rings is 1. The third-order valence-corrected chi connectivity index (χ3v) is 5.78. The molecule has 1 amide bonds. The molecule has 1 saturated heterocycles. The molecule has 32 heavy (non-hydrogen) atoms. The van der Waals surface area contributed by atoms with Gasteiger partial charge in [0.1, 0.15) is 18.1 Å². The number of nitro benzene ring substituents is 1. The lowest BCUT2D eigenvalue weighted by Crippen LogP contribution is -2.31. The summed E-state index contributed by atoms with van der Waals surface area (Å²) in [6, 6.07) is 12.8. The van der Waals surface area contributed by atoms with Gasteiger partial charge in [0.15, 0.2) is 0 Å². The van der Waals surface area contributed by atoms with Crippen LogP contribution in [0.1, 0.15) is 35.4 Å². The van der Waals surface area contributed by atoms with E-state index in [0.29, 0.717) is 33.5 Å². The Morgan fingerprint density at radius 3 is 2.59 bits per heavy atom. The van der Waals surface area contributed by atoms with Gasteiger partial charge in [-0.25, -0.2) is 0 Å². The first-order valence-electron chi connectivity index (χ1n) is 10.3. The topological polar surface area (TPSA) is 109 Å². The summed E-state index contributed by atoms with van der Waals surface area (Å²) < 4.78 is 5.56. The number of hydrogen-bond donors (Lipinski definition) is 2. The van der Waals surface area contributed by atoms with E-state index in [-0.39, 0.29) is 17.9 Å². The van der Waals surface area contributed by atoms with Crippen molar-refractivity contribution in [3.05, 3.63) is 75.0 Å². The molecular weight excluding hydrogens is 434 g/mol. The van der Waals surface area contributed by atoms with Crippen LogP contribution in [0.3, 0.4) is 0 Å². The fourth-order valence-electron chi connectivity index (χ4n) is 3.81. The number of carbonyl (C=O) groups excluding carboxylic acids is 1. The Kier molecular flexibility index (Phi) is 6.43. The van der Waals surface area contributed by atoms with Gasteiger partial charge in [-0.1, -0.05) is 11.6 Å². The van der Waals surface area contributed by atoms with Gasteiger partial charge in [-0.15, -0.1) is 0 Å². The number of nitrogens with zero attached hydrogens (tertiary/aromatic N) is 2. The quantitative estimate of drug-likeness (QED) is 0.388. The molecule has 1 aliphatic rings. The molecule has 4 rings (SSSR count). The molecule has 0 atom stereocenters. The lowest BCUT2D eigenvalue weighted by atomic mass is 10.1. The fraction of sp³-hybridized carbons (Fsp3) is 0.261. The van der Waals surface area contributed by atoms with Crippen LogP contribution in [0.25, 0.3) is 11.3 Å². The first kappa shape index (κ1) is 21.9. The second kappa shape index (κ2) is 9.42. The minimum Gasteiger partial charge on any atom is -0.459 e. The van der Waals surface area contributed by atoms with Gasteiger partial charge in [-0.3, -0.25) is 14.9 Å². The zero-order chi connectivity index (χ0) is 22.7. The van der Waals surface area contributed by atoms with Crippen molar-refractivity contribution in [3.63, 3.8) is 0 Å². The summed E-state index contributed by atoms with van der Waals surface area (Å²) in [5, 5.41) is 23.6. The van der Waals surface area contributed by atoms with Crippen LogP contribution >= 0.6 is 11.6 Å². The third kappa shape index (κ3) is 4.61. The zero-order valence-electron chi connectivity index (χ0n) is 17.2. The van der Waals surface area contributed by atoms with E-state index in [2.05, 4.69) is 10.2 Å². The standard InChI is InChI=1S/C23H22ClN3O5/c24-19-7-4-15(22-9-6-17(14-28)32-22)12-20(19)25-23(29)18-13-16(27(30)31)5-8-21(18)26-10-2-1-3-11-26/h4-9,12-13,28H,1-3,10-11,14H2,(H,25,29). The van der Waals surface area contributed by atoms with Gasteiger partial charge in [-0.2, -0.15) is 0 Å². The van der Waals surface area contributed by atoms with E-state index in [1.807, 2.05) is 0 Å². The smallest absolute Gasteiger partial charge is 0.270 e. The number of benzene rings is 2. The Bertz CT molecular complexity index is 1150. The molecule has 166 valence electrons. The average molecular weight is 456 g/mol. The van der Waals surface area contributed by atoms with Gasteiger partial charge < -0.3 is 19.7 Å². The van der Waals surface area contributed by atoms with Crippen molar-refractivity contribution in [1.29, 1.82) is 0 Å². The van der Waals surface area contributed by atoms with E-state index < -0.39 is 10.8 Å². The summed E-state index contributed by atoms with van der Waals surface area (Å²) in [7, 11) is 0. The molecule has 1 fully saturated rings. The molecule has 0 aliphatic carbocycles. The van der Waals surface area contributed by atoms with Gasteiger partial charge in [0.25, 0.3) is 11.6 Å². The van der Waals surface area contributed by atoms with Gasteiger partial charge in [0.2, 0.25) is 0 Å². The van der Waals surface area contributed by atoms with Crippen LogP contribution in [-0.2, 0) is 6.61 Å². The number of rotatable bonds is 6. The molecule has 3 aromatic rings. The Balaban J connectivity index is 1.66. The number of carbonyl (C=O) groups is 1. The maximum Gasteiger partial charge on any atom is 0.270 e. The Labute approximate surface area is 189 Å². The summed E-state index contributed by atoms with van der Waals surface area (Å²) in [6.45, 7) is 1.36. The highest BCUT2D eigenvalue weighted by atomic mass is 35.5. The monoisotopic (exact) mass is 455 g/mol. The Hall–Kier alpha value is -3.36. The number of nitro groups is 1. The minimum atomic E-state index is -0.514. The number of anilines is 2. The molecule has 0 bridgehead atoms. The second-order valence-electron chi connectivity index (χ2n) is 7.58. The molecule has 1 aromatic heterocycles. The molecule has 2 N–H and O–H groups in total. The molecule has 1 aliphatic heterocycles. The summed E-state index contributed by atoms with van der Waals surface area (Å²) in [6.07, 6.45) is 3.13. The normalized spacial score (nSPS) is 13.8. The average Bonchev–Trinajstić information content (AvgIpc) is 3.30. The van der Waals surface area contributed by atoms with E-state index in [4.69, 9.17) is 16.0 Å². The minimum absolute atomic E-state index is 0.150. The summed E-state index contributed by atoms with van der Waals surface area (Å²) in [5.41, 5.74) is 1.76. The van der Waals surface area contributed by atoms with Gasteiger partial charge in [0.05, 0.1) is 26.9 Å². The predicted octanol–water partition coefficient (Wildman–Crippen LogP) is 5.24. The number of nitrogens with one attached hydrogen (secondary N) is 1. The van der Waals surface area contributed by atoms with E-state index in [1.54, 1.807) is 36.4 Å².